The van der Waals surface area contributed by atoms with Crippen molar-refractivity contribution in [1.29, 1.82) is 0 Å². The van der Waals surface area contributed by atoms with Gasteiger partial charge in [-0.15, -0.1) is 11.3 Å². The van der Waals surface area contributed by atoms with Gasteiger partial charge in [0, 0.05) is 19.6 Å². The number of aromatic nitrogens is 1. The monoisotopic (exact) mass is 365 g/mol. The van der Waals surface area contributed by atoms with Crippen LogP contribution in [0.15, 0.2) is 60.7 Å². The quantitative estimate of drug-likeness (QED) is 0.693. The van der Waals surface area contributed by atoms with Gasteiger partial charge in [-0.2, -0.15) is 0 Å². The van der Waals surface area contributed by atoms with Crippen molar-refractivity contribution in [3.63, 3.8) is 0 Å². The standard InChI is InChI=1S/C21H23N3OS/c1-16-23-19(20(26-16)18-10-6-3-7-11-18)21(25)24(15-13-22)14-12-17-8-4-2-5-9-17/h2-11H,12-15,22H2,1H3. The Hall–Kier alpha value is -2.50. The second kappa shape index (κ2) is 8.74. The number of benzene rings is 2. The van der Waals surface area contributed by atoms with E-state index in [0.717, 1.165) is 21.9 Å². The number of rotatable bonds is 7. The molecule has 0 unspecified atom stereocenters. The molecule has 26 heavy (non-hydrogen) atoms. The number of carbonyl (C=O) groups is 1. The molecule has 3 aromatic rings. The molecule has 0 fully saturated rings. The van der Waals surface area contributed by atoms with Crippen molar-refractivity contribution >= 4 is 17.2 Å². The van der Waals surface area contributed by atoms with Crippen molar-refractivity contribution in [2.75, 3.05) is 19.6 Å². The van der Waals surface area contributed by atoms with Crippen molar-refractivity contribution in [3.05, 3.63) is 76.9 Å². The summed E-state index contributed by atoms with van der Waals surface area (Å²) in [6.07, 6.45) is 0.802. The third-order valence-corrected chi connectivity index (χ3v) is 5.19. The van der Waals surface area contributed by atoms with E-state index in [1.165, 1.54) is 5.56 Å². The fourth-order valence-corrected chi connectivity index (χ4v) is 3.80. The van der Waals surface area contributed by atoms with Crippen molar-refractivity contribution in [2.24, 2.45) is 5.73 Å². The van der Waals surface area contributed by atoms with Crippen LogP contribution < -0.4 is 5.73 Å². The summed E-state index contributed by atoms with van der Waals surface area (Å²) in [5, 5.41) is 0.892. The van der Waals surface area contributed by atoms with Crippen LogP contribution in [0.5, 0.6) is 0 Å². The third-order valence-electron chi connectivity index (χ3n) is 4.17. The Labute approximate surface area is 158 Å². The molecule has 1 aromatic heterocycles. The van der Waals surface area contributed by atoms with E-state index in [9.17, 15) is 4.79 Å². The fraction of sp³-hybridized carbons (Fsp3) is 0.238. The highest BCUT2D eigenvalue weighted by Crippen LogP contribution is 2.30. The summed E-state index contributed by atoms with van der Waals surface area (Å²) < 4.78 is 0. The summed E-state index contributed by atoms with van der Waals surface area (Å²) in [5.74, 6) is -0.0467. The predicted octanol–water partition coefficient (Wildman–Crippen LogP) is 3.76. The molecule has 2 aromatic carbocycles. The highest BCUT2D eigenvalue weighted by Gasteiger charge is 2.23. The van der Waals surface area contributed by atoms with Gasteiger partial charge in [-0.25, -0.2) is 4.98 Å². The normalized spacial score (nSPS) is 10.7. The summed E-state index contributed by atoms with van der Waals surface area (Å²) >= 11 is 1.56. The smallest absolute Gasteiger partial charge is 0.274 e. The molecular formula is C21H23N3OS. The molecule has 0 atom stereocenters. The van der Waals surface area contributed by atoms with Crippen molar-refractivity contribution in [1.82, 2.24) is 9.88 Å². The maximum Gasteiger partial charge on any atom is 0.274 e. The average Bonchev–Trinajstić information content (AvgIpc) is 3.08. The first-order valence-electron chi connectivity index (χ1n) is 8.75. The van der Waals surface area contributed by atoms with Gasteiger partial charge in [0.1, 0.15) is 5.69 Å². The number of carbonyl (C=O) groups excluding carboxylic acids is 1. The van der Waals surface area contributed by atoms with Gasteiger partial charge in [-0.1, -0.05) is 60.7 Å². The van der Waals surface area contributed by atoms with Gasteiger partial charge < -0.3 is 10.6 Å². The van der Waals surface area contributed by atoms with Gasteiger partial charge in [0.2, 0.25) is 0 Å². The molecular weight excluding hydrogens is 342 g/mol. The van der Waals surface area contributed by atoms with E-state index in [1.807, 2.05) is 60.4 Å². The third kappa shape index (κ3) is 4.36. The number of hydrogen-bond donors (Lipinski definition) is 1. The molecule has 0 spiro atoms. The van der Waals surface area contributed by atoms with Crippen LogP contribution >= 0.6 is 11.3 Å². The molecule has 0 radical (unpaired) electrons. The van der Waals surface area contributed by atoms with Gasteiger partial charge in [0.05, 0.1) is 9.88 Å². The Kier molecular flexibility index (Phi) is 6.15. The molecule has 0 aliphatic heterocycles. The molecule has 1 heterocycles. The van der Waals surface area contributed by atoms with Gasteiger partial charge in [-0.3, -0.25) is 4.79 Å². The number of nitrogens with zero attached hydrogens (tertiary/aromatic N) is 2. The zero-order valence-corrected chi connectivity index (χ0v) is 15.7. The summed E-state index contributed by atoms with van der Waals surface area (Å²) in [6, 6.07) is 20.1. The van der Waals surface area contributed by atoms with Crippen molar-refractivity contribution < 1.29 is 4.79 Å². The molecule has 4 nitrogen and oxygen atoms in total. The van der Waals surface area contributed by atoms with E-state index in [0.29, 0.717) is 25.3 Å². The average molecular weight is 366 g/mol. The Morgan fingerprint density at radius 2 is 1.69 bits per heavy atom. The van der Waals surface area contributed by atoms with Crippen LogP contribution in [0.4, 0.5) is 0 Å². The number of aryl methyl sites for hydroxylation is 1. The molecule has 3 rings (SSSR count). The van der Waals surface area contributed by atoms with E-state index in [4.69, 9.17) is 5.73 Å². The van der Waals surface area contributed by atoms with E-state index >= 15 is 0 Å². The van der Waals surface area contributed by atoms with E-state index in [-0.39, 0.29) is 5.91 Å². The number of thiazole rings is 1. The SMILES string of the molecule is Cc1nc(C(=O)N(CCN)CCc2ccccc2)c(-c2ccccc2)s1. The van der Waals surface area contributed by atoms with Crippen LogP contribution in [-0.2, 0) is 6.42 Å². The lowest BCUT2D eigenvalue weighted by molar-refractivity contribution is 0.0757. The Morgan fingerprint density at radius 1 is 1.04 bits per heavy atom. The Morgan fingerprint density at radius 3 is 2.35 bits per heavy atom. The van der Waals surface area contributed by atoms with Gasteiger partial charge in [0.25, 0.3) is 5.91 Å². The van der Waals surface area contributed by atoms with E-state index < -0.39 is 0 Å². The molecule has 0 aliphatic rings. The van der Waals surface area contributed by atoms with Gasteiger partial charge in [-0.05, 0) is 24.5 Å². The lowest BCUT2D eigenvalue weighted by Crippen LogP contribution is -2.37. The van der Waals surface area contributed by atoms with Gasteiger partial charge >= 0.3 is 0 Å². The van der Waals surface area contributed by atoms with Crippen LogP contribution in [0, 0.1) is 6.92 Å². The van der Waals surface area contributed by atoms with Crippen LogP contribution in [0.3, 0.4) is 0 Å². The molecule has 0 bridgehead atoms. The highest BCUT2D eigenvalue weighted by atomic mass is 32.1. The first-order valence-corrected chi connectivity index (χ1v) is 9.57. The fourth-order valence-electron chi connectivity index (χ4n) is 2.89. The van der Waals surface area contributed by atoms with E-state index in [1.54, 1.807) is 11.3 Å². The Balaban J connectivity index is 1.83. The summed E-state index contributed by atoms with van der Waals surface area (Å²) in [6.45, 7) is 3.52. The molecule has 2 N–H and O–H groups in total. The first kappa shape index (κ1) is 18.3. The van der Waals surface area contributed by atoms with Crippen LogP contribution in [0.25, 0.3) is 10.4 Å². The van der Waals surface area contributed by atoms with E-state index in [2.05, 4.69) is 17.1 Å². The number of hydrogen-bond acceptors (Lipinski definition) is 4. The minimum Gasteiger partial charge on any atom is -0.336 e. The van der Waals surface area contributed by atoms with Crippen LogP contribution in [-0.4, -0.2) is 35.4 Å². The zero-order valence-electron chi connectivity index (χ0n) is 14.9. The first-order chi connectivity index (χ1) is 12.7. The zero-order chi connectivity index (χ0) is 18.4. The van der Waals surface area contributed by atoms with Crippen LogP contribution in [0.2, 0.25) is 0 Å². The second-order valence-corrected chi connectivity index (χ2v) is 7.30. The summed E-state index contributed by atoms with van der Waals surface area (Å²) in [7, 11) is 0. The van der Waals surface area contributed by atoms with Crippen LogP contribution in [0.1, 0.15) is 21.1 Å². The maximum absolute atomic E-state index is 13.2. The maximum atomic E-state index is 13.2. The molecule has 0 saturated heterocycles. The molecule has 5 heteroatoms. The number of nitrogens with two attached hydrogens (primary N) is 1. The lowest BCUT2D eigenvalue weighted by Gasteiger charge is -2.21. The minimum atomic E-state index is -0.0467. The predicted molar refractivity (Wildman–Crippen MR) is 107 cm³/mol. The molecule has 1 amide bonds. The van der Waals surface area contributed by atoms with Crippen molar-refractivity contribution in [3.8, 4) is 10.4 Å². The largest absolute Gasteiger partial charge is 0.336 e. The topological polar surface area (TPSA) is 59.2 Å². The highest BCUT2D eigenvalue weighted by molar-refractivity contribution is 7.15. The summed E-state index contributed by atoms with van der Waals surface area (Å²) in [4.78, 5) is 20.4. The summed E-state index contributed by atoms with van der Waals surface area (Å²) in [5.41, 5.74) is 8.52. The molecule has 0 aliphatic carbocycles. The second-order valence-electron chi connectivity index (χ2n) is 6.09. The van der Waals surface area contributed by atoms with Crippen molar-refractivity contribution in [2.45, 2.75) is 13.3 Å². The Bertz CT molecular complexity index is 846. The molecule has 134 valence electrons. The van der Waals surface area contributed by atoms with Gasteiger partial charge in [0.15, 0.2) is 0 Å². The number of amides is 1. The lowest BCUT2D eigenvalue weighted by atomic mass is 10.1. The minimum absolute atomic E-state index is 0.0467. The molecule has 0 saturated carbocycles.